The van der Waals surface area contributed by atoms with Gasteiger partial charge in [-0.2, -0.15) is 0 Å². The Labute approximate surface area is 62.6 Å². The van der Waals surface area contributed by atoms with E-state index in [0.717, 1.165) is 12.8 Å². The molecule has 1 aliphatic rings. The minimum absolute atomic E-state index is 0.159. The van der Waals surface area contributed by atoms with Gasteiger partial charge in [0.1, 0.15) is 0 Å². The molecule has 1 unspecified atom stereocenters. The number of halogens is 1. The molecule has 0 saturated heterocycles. The van der Waals surface area contributed by atoms with Crippen molar-refractivity contribution in [1.29, 1.82) is 0 Å². The van der Waals surface area contributed by atoms with Crippen molar-refractivity contribution in [2.75, 3.05) is 6.54 Å². The Morgan fingerprint density at radius 3 is 2.38 bits per heavy atom. The van der Waals surface area contributed by atoms with Crippen LogP contribution in [-0.2, 0) is 0 Å². The second-order valence-corrected chi connectivity index (χ2v) is 4.43. The summed E-state index contributed by atoms with van der Waals surface area (Å²) >= 11 is 2.28. The Bertz CT molecular complexity index is 92.4. The van der Waals surface area contributed by atoms with Crippen molar-refractivity contribution in [2.24, 2.45) is 5.73 Å². The molecule has 0 aromatic heterocycles. The summed E-state index contributed by atoms with van der Waals surface area (Å²) in [6.45, 7) is 0.406. The third-order valence-corrected chi connectivity index (χ3v) is 3.35. The van der Waals surface area contributed by atoms with Crippen LogP contribution in [0.15, 0.2) is 0 Å². The van der Waals surface area contributed by atoms with Gasteiger partial charge in [-0.05, 0) is 12.8 Å². The number of hydrogen-bond acceptors (Lipinski definition) is 2. The molecule has 1 aliphatic carbocycles. The summed E-state index contributed by atoms with van der Waals surface area (Å²) in [5.41, 5.74) is 5.24. The van der Waals surface area contributed by atoms with Crippen LogP contribution in [0.25, 0.3) is 0 Å². The largest absolute Gasteiger partial charge is 0.390 e. The average Bonchev–Trinajstić information content (AvgIpc) is 2.47. The molecule has 1 saturated carbocycles. The van der Waals surface area contributed by atoms with Crippen LogP contribution >= 0.6 is 22.6 Å². The minimum Gasteiger partial charge on any atom is -0.390 e. The summed E-state index contributed by atoms with van der Waals surface area (Å²) < 4.78 is 0.159. The molecular weight excluding hydrogens is 217 g/mol. The third-order valence-electron chi connectivity index (χ3n) is 1.55. The standard InChI is InChI=1S/C5H10INO/c6-5(1-2-5)4(8)3-7/h4,8H,1-3,7H2. The smallest absolute Gasteiger partial charge is 0.0807 e. The monoisotopic (exact) mass is 227 g/mol. The van der Waals surface area contributed by atoms with E-state index in [0.29, 0.717) is 6.54 Å². The molecule has 0 aliphatic heterocycles. The fourth-order valence-corrected chi connectivity index (χ4v) is 1.19. The Hall–Kier alpha value is 0.650. The van der Waals surface area contributed by atoms with E-state index in [9.17, 15) is 0 Å². The molecule has 0 heterocycles. The predicted octanol–water partition coefficient (Wildman–Crippen LogP) is 0.274. The molecule has 8 heavy (non-hydrogen) atoms. The predicted molar refractivity (Wildman–Crippen MR) is 41.0 cm³/mol. The Morgan fingerprint density at radius 2 is 2.25 bits per heavy atom. The van der Waals surface area contributed by atoms with Crippen LogP contribution in [0.4, 0.5) is 0 Å². The second kappa shape index (κ2) is 2.11. The van der Waals surface area contributed by atoms with Crippen molar-refractivity contribution in [3.63, 3.8) is 0 Å². The summed E-state index contributed by atoms with van der Waals surface area (Å²) in [4.78, 5) is 0. The lowest BCUT2D eigenvalue weighted by atomic mass is 10.2. The maximum absolute atomic E-state index is 9.12. The van der Waals surface area contributed by atoms with Gasteiger partial charge in [0.25, 0.3) is 0 Å². The molecule has 48 valence electrons. The van der Waals surface area contributed by atoms with Gasteiger partial charge in [0.2, 0.25) is 0 Å². The van der Waals surface area contributed by atoms with E-state index in [1.54, 1.807) is 0 Å². The van der Waals surface area contributed by atoms with E-state index < -0.39 is 0 Å². The van der Waals surface area contributed by atoms with Gasteiger partial charge < -0.3 is 10.8 Å². The average molecular weight is 227 g/mol. The van der Waals surface area contributed by atoms with Crippen molar-refractivity contribution in [1.82, 2.24) is 0 Å². The molecule has 1 rings (SSSR count). The quantitative estimate of drug-likeness (QED) is 0.525. The maximum atomic E-state index is 9.12. The highest BCUT2D eigenvalue weighted by Crippen LogP contribution is 2.47. The van der Waals surface area contributed by atoms with E-state index >= 15 is 0 Å². The molecule has 1 fully saturated rings. The lowest BCUT2D eigenvalue weighted by Gasteiger charge is -2.11. The topological polar surface area (TPSA) is 46.2 Å². The first-order chi connectivity index (χ1) is 3.69. The summed E-state index contributed by atoms with van der Waals surface area (Å²) in [6, 6.07) is 0. The summed E-state index contributed by atoms with van der Waals surface area (Å²) in [6.07, 6.45) is 1.99. The highest BCUT2D eigenvalue weighted by atomic mass is 127. The van der Waals surface area contributed by atoms with Gasteiger partial charge in [0.15, 0.2) is 0 Å². The SMILES string of the molecule is NCC(O)C1(I)CC1. The zero-order chi connectivity index (χ0) is 6.20. The molecule has 0 aromatic rings. The number of rotatable bonds is 2. The van der Waals surface area contributed by atoms with Crippen LogP contribution in [0.3, 0.4) is 0 Å². The first-order valence-electron chi connectivity index (χ1n) is 2.76. The van der Waals surface area contributed by atoms with Crippen molar-refractivity contribution in [3.05, 3.63) is 0 Å². The Balaban J connectivity index is 2.34. The van der Waals surface area contributed by atoms with E-state index in [4.69, 9.17) is 10.8 Å². The van der Waals surface area contributed by atoms with Crippen LogP contribution in [0.5, 0.6) is 0 Å². The molecule has 0 bridgehead atoms. The van der Waals surface area contributed by atoms with Crippen molar-refractivity contribution in [3.8, 4) is 0 Å². The van der Waals surface area contributed by atoms with Crippen LogP contribution in [-0.4, -0.2) is 21.2 Å². The third kappa shape index (κ3) is 1.14. The molecule has 3 N–H and O–H groups in total. The van der Waals surface area contributed by atoms with Gasteiger partial charge in [-0.3, -0.25) is 0 Å². The number of alkyl halides is 1. The van der Waals surface area contributed by atoms with Crippen LogP contribution in [0.2, 0.25) is 0 Å². The van der Waals surface area contributed by atoms with Gasteiger partial charge in [0, 0.05) is 9.97 Å². The fourth-order valence-electron chi connectivity index (χ4n) is 0.664. The normalized spacial score (nSPS) is 27.4. The summed E-state index contributed by atoms with van der Waals surface area (Å²) in [7, 11) is 0. The lowest BCUT2D eigenvalue weighted by Crippen LogP contribution is -2.30. The number of hydrogen-bond donors (Lipinski definition) is 2. The zero-order valence-corrected chi connectivity index (χ0v) is 6.76. The number of nitrogens with two attached hydrogens (primary N) is 1. The van der Waals surface area contributed by atoms with E-state index in [-0.39, 0.29) is 9.53 Å². The molecule has 0 spiro atoms. The molecule has 1 atom stereocenters. The second-order valence-electron chi connectivity index (χ2n) is 2.29. The van der Waals surface area contributed by atoms with Crippen LogP contribution in [0.1, 0.15) is 12.8 Å². The fraction of sp³-hybridized carbons (Fsp3) is 1.00. The first-order valence-corrected chi connectivity index (χ1v) is 3.84. The van der Waals surface area contributed by atoms with Gasteiger partial charge in [-0.15, -0.1) is 0 Å². The van der Waals surface area contributed by atoms with Gasteiger partial charge >= 0.3 is 0 Å². The van der Waals surface area contributed by atoms with E-state index in [2.05, 4.69) is 22.6 Å². The molecular formula is C5H10INO. The Morgan fingerprint density at radius 1 is 1.75 bits per heavy atom. The van der Waals surface area contributed by atoms with E-state index in [1.807, 2.05) is 0 Å². The molecule has 0 radical (unpaired) electrons. The Kier molecular flexibility index (Phi) is 1.79. The van der Waals surface area contributed by atoms with Crippen LogP contribution < -0.4 is 5.73 Å². The minimum atomic E-state index is -0.275. The molecule has 3 heteroatoms. The van der Waals surface area contributed by atoms with Crippen molar-refractivity contribution in [2.45, 2.75) is 22.4 Å². The van der Waals surface area contributed by atoms with Crippen molar-refractivity contribution < 1.29 is 5.11 Å². The van der Waals surface area contributed by atoms with Gasteiger partial charge in [0.05, 0.1) is 6.10 Å². The molecule has 2 nitrogen and oxygen atoms in total. The van der Waals surface area contributed by atoms with E-state index in [1.165, 1.54) is 0 Å². The maximum Gasteiger partial charge on any atom is 0.0807 e. The summed E-state index contributed by atoms with van der Waals surface area (Å²) in [5, 5.41) is 9.12. The zero-order valence-electron chi connectivity index (χ0n) is 4.60. The highest BCUT2D eigenvalue weighted by Gasteiger charge is 2.45. The van der Waals surface area contributed by atoms with Crippen LogP contribution in [0, 0.1) is 0 Å². The summed E-state index contributed by atoms with van der Waals surface area (Å²) in [5.74, 6) is 0. The first kappa shape index (κ1) is 6.77. The molecule has 0 amide bonds. The van der Waals surface area contributed by atoms with Gasteiger partial charge in [-0.1, -0.05) is 22.6 Å². The lowest BCUT2D eigenvalue weighted by molar-refractivity contribution is 0.177. The number of aliphatic hydroxyl groups is 1. The van der Waals surface area contributed by atoms with Gasteiger partial charge in [-0.25, -0.2) is 0 Å². The highest BCUT2D eigenvalue weighted by molar-refractivity contribution is 14.1. The molecule has 0 aromatic carbocycles. The number of aliphatic hydroxyl groups excluding tert-OH is 1. The van der Waals surface area contributed by atoms with Crippen molar-refractivity contribution >= 4 is 22.6 Å².